The van der Waals surface area contributed by atoms with E-state index in [1.807, 2.05) is 31.2 Å². The molecule has 19 heavy (non-hydrogen) atoms. The van der Waals surface area contributed by atoms with Crippen LogP contribution in [0, 0.1) is 17.0 Å². The normalized spacial score (nSPS) is 10.4. The van der Waals surface area contributed by atoms with Gasteiger partial charge >= 0.3 is 5.69 Å². The van der Waals surface area contributed by atoms with Gasteiger partial charge in [0.2, 0.25) is 0 Å². The van der Waals surface area contributed by atoms with Crippen LogP contribution in [-0.4, -0.2) is 21.3 Å². The van der Waals surface area contributed by atoms with E-state index in [1.54, 1.807) is 4.68 Å². The van der Waals surface area contributed by atoms with E-state index in [-0.39, 0.29) is 5.69 Å². The van der Waals surface area contributed by atoms with Gasteiger partial charge in [-0.25, -0.2) is 0 Å². The molecule has 0 saturated carbocycles. The highest BCUT2D eigenvalue weighted by Crippen LogP contribution is 2.16. The summed E-state index contributed by atoms with van der Waals surface area (Å²) in [7, 11) is 0. The van der Waals surface area contributed by atoms with E-state index in [4.69, 9.17) is 4.74 Å². The zero-order valence-electron chi connectivity index (χ0n) is 10.7. The molecule has 0 aliphatic carbocycles. The molecule has 0 saturated heterocycles. The smallest absolute Gasteiger partial charge is 0.306 e. The summed E-state index contributed by atoms with van der Waals surface area (Å²) in [5.41, 5.74) is 1.11. The van der Waals surface area contributed by atoms with Crippen molar-refractivity contribution in [3.05, 3.63) is 52.3 Å². The summed E-state index contributed by atoms with van der Waals surface area (Å²) in [6.07, 6.45) is 3.42. The summed E-state index contributed by atoms with van der Waals surface area (Å²) in [4.78, 5) is 10.0. The van der Waals surface area contributed by atoms with Gasteiger partial charge in [-0.3, -0.25) is 14.8 Å². The second kappa shape index (κ2) is 5.99. The molecule has 6 nitrogen and oxygen atoms in total. The summed E-state index contributed by atoms with van der Waals surface area (Å²) in [6, 6.07) is 7.81. The maximum absolute atomic E-state index is 10.5. The third-order valence-electron chi connectivity index (χ3n) is 2.71. The van der Waals surface area contributed by atoms with Gasteiger partial charge in [-0.1, -0.05) is 18.2 Å². The number of aryl methyl sites for hydroxylation is 2. The molecule has 0 bridgehead atoms. The van der Waals surface area contributed by atoms with E-state index in [0.29, 0.717) is 13.2 Å². The Hall–Kier alpha value is -2.37. The van der Waals surface area contributed by atoms with Crippen molar-refractivity contribution in [1.29, 1.82) is 0 Å². The fourth-order valence-corrected chi connectivity index (χ4v) is 1.70. The van der Waals surface area contributed by atoms with Gasteiger partial charge in [-0.05, 0) is 18.6 Å². The zero-order chi connectivity index (χ0) is 13.7. The number of nitrogens with zero attached hydrogens (tertiary/aromatic N) is 3. The highest BCUT2D eigenvalue weighted by molar-refractivity contribution is 5.31. The molecule has 6 heteroatoms. The van der Waals surface area contributed by atoms with Gasteiger partial charge in [0.05, 0.1) is 11.5 Å². The van der Waals surface area contributed by atoms with E-state index < -0.39 is 4.92 Å². The molecule has 0 aliphatic rings. The van der Waals surface area contributed by atoms with Gasteiger partial charge in [-0.15, -0.1) is 0 Å². The van der Waals surface area contributed by atoms with Crippen LogP contribution in [0.2, 0.25) is 0 Å². The highest BCUT2D eigenvalue weighted by atomic mass is 16.6. The number of ether oxygens (including phenoxy) is 1. The summed E-state index contributed by atoms with van der Waals surface area (Å²) < 4.78 is 7.19. The van der Waals surface area contributed by atoms with Crippen LogP contribution in [0.5, 0.6) is 5.75 Å². The molecule has 2 aromatic rings. The van der Waals surface area contributed by atoms with Crippen molar-refractivity contribution in [2.75, 3.05) is 6.61 Å². The molecular weight excluding hydrogens is 246 g/mol. The Bertz CT molecular complexity index is 566. The standard InChI is InChI=1S/C13H15N3O3/c1-11-5-2-3-6-13(11)19-8-4-7-15-10-12(9-14-15)16(17)18/h2-3,5-6,9-10H,4,7-8H2,1H3. The molecule has 0 amide bonds. The third-order valence-corrected chi connectivity index (χ3v) is 2.71. The predicted molar refractivity (Wildman–Crippen MR) is 70.2 cm³/mol. The average molecular weight is 261 g/mol. The lowest BCUT2D eigenvalue weighted by molar-refractivity contribution is -0.385. The molecule has 1 aromatic carbocycles. The lowest BCUT2D eigenvalue weighted by atomic mass is 10.2. The molecule has 0 N–H and O–H groups in total. The molecule has 1 aromatic heterocycles. The topological polar surface area (TPSA) is 70.2 Å². The number of aromatic nitrogens is 2. The molecule has 2 rings (SSSR count). The molecule has 1 heterocycles. The Balaban J connectivity index is 1.77. The van der Waals surface area contributed by atoms with Crippen LogP contribution in [0.15, 0.2) is 36.7 Å². The maximum atomic E-state index is 10.5. The van der Waals surface area contributed by atoms with Gasteiger partial charge in [-0.2, -0.15) is 5.10 Å². The monoisotopic (exact) mass is 261 g/mol. The molecular formula is C13H15N3O3. The quantitative estimate of drug-likeness (QED) is 0.455. The zero-order valence-corrected chi connectivity index (χ0v) is 10.7. The summed E-state index contributed by atoms with van der Waals surface area (Å²) in [5.74, 6) is 0.869. The molecule has 100 valence electrons. The first-order valence-electron chi connectivity index (χ1n) is 6.02. The largest absolute Gasteiger partial charge is 0.493 e. The van der Waals surface area contributed by atoms with Crippen LogP contribution in [0.1, 0.15) is 12.0 Å². The third kappa shape index (κ3) is 3.54. The summed E-state index contributed by atoms with van der Waals surface area (Å²) in [5, 5.41) is 14.4. The number of benzene rings is 1. The van der Waals surface area contributed by atoms with Crippen LogP contribution < -0.4 is 4.74 Å². The molecule has 0 atom stereocenters. The van der Waals surface area contributed by atoms with E-state index in [0.717, 1.165) is 17.7 Å². The lowest BCUT2D eigenvalue weighted by Crippen LogP contribution is -2.05. The predicted octanol–water partition coefficient (Wildman–Crippen LogP) is 2.57. The molecule has 0 spiro atoms. The Kier molecular flexibility index (Phi) is 4.12. The van der Waals surface area contributed by atoms with Crippen molar-refractivity contribution in [2.45, 2.75) is 19.9 Å². The van der Waals surface area contributed by atoms with Crippen LogP contribution in [0.4, 0.5) is 5.69 Å². The fourth-order valence-electron chi connectivity index (χ4n) is 1.70. The van der Waals surface area contributed by atoms with Gasteiger partial charge < -0.3 is 4.74 Å². The van der Waals surface area contributed by atoms with E-state index in [9.17, 15) is 10.1 Å². The SMILES string of the molecule is Cc1ccccc1OCCCn1cc([N+](=O)[O-])cn1. The Morgan fingerprint density at radius 3 is 2.89 bits per heavy atom. The number of hydrogen-bond donors (Lipinski definition) is 0. The first kappa shape index (κ1) is 13.1. The molecule has 0 aliphatic heterocycles. The van der Waals surface area contributed by atoms with Crippen molar-refractivity contribution in [1.82, 2.24) is 9.78 Å². The summed E-state index contributed by atoms with van der Waals surface area (Å²) in [6.45, 7) is 3.14. The Morgan fingerprint density at radius 2 is 2.21 bits per heavy atom. The Labute approximate surface area is 110 Å². The van der Waals surface area contributed by atoms with Crippen molar-refractivity contribution >= 4 is 5.69 Å². The second-order valence-corrected chi connectivity index (χ2v) is 4.19. The van der Waals surface area contributed by atoms with Crippen LogP contribution in [0.3, 0.4) is 0 Å². The number of hydrogen-bond acceptors (Lipinski definition) is 4. The van der Waals surface area contributed by atoms with Crippen molar-refractivity contribution in [3.8, 4) is 5.75 Å². The first-order chi connectivity index (χ1) is 9.16. The lowest BCUT2D eigenvalue weighted by Gasteiger charge is -2.08. The van der Waals surface area contributed by atoms with Crippen molar-refractivity contribution in [3.63, 3.8) is 0 Å². The summed E-state index contributed by atoms with van der Waals surface area (Å²) >= 11 is 0. The van der Waals surface area contributed by atoms with Gasteiger partial charge in [0.1, 0.15) is 18.1 Å². The average Bonchev–Trinajstić information content (AvgIpc) is 2.85. The van der Waals surface area contributed by atoms with Gasteiger partial charge in [0, 0.05) is 13.0 Å². The molecule has 0 unspecified atom stereocenters. The minimum atomic E-state index is -0.451. The number of para-hydroxylation sites is 1. The highest BCUT2D eigenvalue weighted by Gasteiger charge is 2.08. The fraction of sp³-hybridized carbons (Fsp3) is 0.308. The van der Waals surface area contributed by atoms with E-state index >= 15 is 0 Å². The van der Waals surface area contributed by atoms with Gasteiger partial charge in [0.25, 0.3) is 0 Å². The van der Waals surface area contributed by atoms with E-state index in [2.05, 4.69) is 5.10 Å². The van der Waals surface area contributed by atoms with Crippen LogP contribution >= 0.6 is 0 Å². The van der Waals surface area contributed by atoms with Crippen molar-refractivity contribution < 1.29 is 9.66 Å². The van der Waals surface area contributed by atoms with Crippen molar-refractivity contribution in [2.24, 2.45) is 0 Å². The minimum Gasteiger partial charge on any atom is -0.493 e. The van der Waals surface area contributed by atoms with Gasteiger partial charge in [0.15, 0.2) is 0 Å². The minimum absolute atomic E-state index is 0.0137. The number of nitro groups is 1. The maximum Gasteiger partial charge on any atom is 0.306 e. The molecule has 0 fully saturated rings. The number of rotatable bonds is 6. The van der Waals surface area contributed by atoms with Crippen LogP contribution in [-0.2, 0) is 6.54 Å². The first-order valence-corrected chi connectivity index (χ1v) is 6.02. The second-order valence-electron chi connectivity index (χ2n) is 4.19. The molecule has 0 radical (unpaired) electrons. The Morgan fingerprint density at radius 1 is 1.42 bits per heavy atom. The van der Waals surface area contributed by atoms with E-state index in [1.165, 1.54) is 12.4 Å². The van der Waals surface area contributed by atoms with Crippen LogP contribution in [0.25, 0.3) is 0 Å².